The van der Waals surface area contributed by atoms with E-state index in [1.807, 2.05) is 25.7 Å². The third-order valence-electron chi connectivity index (χ3n) is 8.12. The first-order valence-electron chi connectivity index (χ1n) is 13.2. The summed E-state index contributed by atoms with van der Waals surface area (Å²) < 4.78 is 26.1. The minimum absolute atomic E-state index is 0.0363. The molecule has 2 aromatic heterocycles. The van der Waals surface area contributed by atoms with Crippen LogP contribution in [-0.4, -0.2) is 93.0 Å². The summed E-state index contributed by atoms with van der Waals surface area (Å²) in [6.07, 6.45) is 4.90. The first-order chi connectivity index (χ1) is 17.6. The van der Waals surface area contributed by atoms with Crippen molar-refractivity contribution >= 4 is 34.4 Å². The van der Waals surface area contributed by atoms with Crippen LogP contribution in [-0.2, 0) is 4.74 Å². The molecule has 0 spiro atoms. The second-order valence-corrected chi connectivity index (χ2v) is 12.3. The van der Waals surface area contributed by atoms with Gasteiger partial charge in [0.05, 0.1) is 28.5 Å². The maximum atomic E-state index is 14.2. The van der Waals surface area contributed by atoms with Gasteiger partial charge in [-0.3, -0.25) is 9.80 Å². The van der Waals surface area contributed by atoms with E-state index in [9.17, 15) is 9.18 Å². The Labute approximate surface area is 221 Å². The zero-order valence-corrected chi connectivity index (χ0v) is 22.4. The third-order valence-corrected chi connectivity index (χ3v) is 8.33. The Balaban J connectivity index is 1.27. The van der Waals surface area contributed by atoms with Gasteiger partial charge < -0.3 is 14.4 Å². The topological polar surface area (TPSA) is 83.9 Å². The van der Waals surface area contributed by atoms with Gasteiger partial charge >= 0.3 is 12.1 Å². The quantitative estimate of drug-likeness (QED) is 0.541. The molecule has 2 bridgehead atoms. The number of ether oxygens (including phenoxy) is 2. The van der Waals surface area contributed by atoms with Gasteiger partial charge in [0.1, 0.15) is 29.4 Å². The lowest BCUT2D eigenvalue weighted by molar-refractivity contribution is 0.0122. The number of hydrogen-bond acceptors (Lipinski definition) is 8. The number of rotatable bonds is 4. The minimum atomic E-state index is -0.821. The predicted octanol–water partition coefficient (Wildman–Crippen LogP) is 4.22. The summed E-state index contributed by atoms with van der Waals surface area (Å²) in [5.74, 6) is 0.723. The van der Waals surface area contributed by atoms with Gasteiger partial charge in [0, 0.05) is 38.3 Å². The van der Waals surface area contributed by atoms with Crippen molar-refractivity contribution in [2.45, 2.75) is 82.3 Å². The molecule has 0 radical (unpaired) electrons. The fourth-order valence-corrected chi connectivity index (χ4v) is 6.76. The number of carbonyl (C=O) groups excluding carboxylic acids is 1. The fourth-order valence-electron chi connectivity index (χ4n) is 6.61. The van der Waals surface area contributed by atoms with Gasteiger partial charge in [-0.05, 0) is 53.0 Å². The number of amides is 1. The lowest BCUT2D eigenvalue weighted by atomic mass is 9.95. The number of carbonyl (C=O) groups is 1. The lowest BCUT2D eigenvalue weighted by Gasteiger charge is -2.42. The Morgan fingerprint density at radius 3 is 2.70 bits per heavy atom. The van der Waals surface area contributed by atoms with Gasteiger partial charge in [0.25, 0.3) is 0 Å². The van der Waals surface area contributed by atoms with Crippen LogP contribution in [0.25, 0.3) is 10.9 Å². The first kappa shape index (κ1) is 24.9. The first-order valence-corrected chi connectivity index (χ1v) is 13.6. The number of hydrogen-bond donors (Lipinski definition) is 0. The highest BCUT2D eigenvalue weighted by Crippen LogP contribution is 2.41. The fraction of sp³-hybridized carbons (Fsp3) is 0.692. The molecule has 4 aliphatic rings. The van der Waals surface area contributed by atoms with Gasteiger partial charge in [0.2, 0.25) is 0 Å². The van der Waals surface area contributed by atoms with Crippen LogP contribution in [0, 0.1) is 0 Å². The zero-order valence-electron chi connectivity index (χ0n) is 21.6. The molecule has 37 heavy (non-hydrogen) atoms. The zero-order chi connectivity index (χ0) is 25.9. The molecule has 6 rings (SSSR count). The summed E-state index contributed by atoms with van der Waals surface area (Å²) in [6, 6.07) is 2.05. The Morgan fingerprint density at radius 1 is 1.22 bits per heavy atom. The molecule has 0 aromatic carbocycles. The summed E-state index contributed by atoms with van der Waals surface area (Å²) in [6.45, 7) is 8.65. The number of fused-ring (bicyclic) bond motifs is 4. The number of halogens is 2. The normalized spacial score (nSPS) is 29.7. The van der Waals surface area contributed by atoms with E-state index < -0.39 is 11.8 Å². The highest BCUT2D eigenvalue weighted by atomic mass is 35.5. The van der Waals surface area contributed by atoms with Crippen LogP contribution in [0.1, 0.15) is 52.9 Å². The molecular weight excluding hydrogens is 499 g/mol. The lowest BCUT2D eigenvalue weighted by Crippen LogP contribution is -2.57. The Bertz CT molecular complexity index is 1200. The van der Waals surface area contributed by atoms with Crippen LogP contribution in [0.5, 0.6) is 6.01 Å². The number of piperazine rings is 1. The van der Waals surface area contributed by atoms with Crippen molar-refractivity contribution in [3.63, 3.8) is 0 Å². The number of nitrogens with zero attached hydrogens (tertiary/aromatic N) is 6. The summed E-state index contributed by atoms with van der Waals surface area (Å²) >= 11 is 6.21. The maximum Gasteiger partial charge on any atom is 0.410 e. The number of pyridine rings is 1. The van der Waals surface area contributed by atoms with Crippen LogP contribution in [0.4, 0.5) is 15.0 Å². The highest BCUT2D eigenvalue weighted by molar-refractivity contribution is 6.30. The number of aromatic nitrogens is 3. The molecule has 6 heterocycles. The summed E-state index contributed by atoms with van der Waals surface area (Å²) in [5.41, 5.74) is -0.173. The predicted molar refractivity (Wildman–Crippen MR) is 138 cm³/mol. The molecule has 4 aliphatic heterocycles. The molecule has 1 amide bonds. The number of alkyl halides is 1. The molecule has 0 saturated carbocycles. The molecule has 2 unspecified atom stereocenters. The number of anilines is 1. The van der Waals surface area contributed by atoms with E-state index in [0.717, 1.165) is 43.4 Å². The van der Waals surface area contributed by atoms with Gasteiger partial charge in [-0.25, -0.2) is 14.2 Å². The summed E-state index contributed by atoms with van der Waals surface area (Å²) in [4.78, 5) is 33.0. The molecular formula is C26H34ClFN6O3. The van der Waals surface area contributed by atoms with Crippen molar-refractivity contribution in [3.8, 4) is 6.01 Å². The Kier molecular flexibility index (Phi) is 6.10. The van der Waals surface area contributed by atoms with Crippen molar-refractivity contribution in [3.05, 3.63) is 17.4 Å². The van der Waals surface area contributed by atoms with E-state index in [2.05, 4.69) is 19.8 Å². The van der Waals surface area contributed by atoms with Crippen molar-refractivity contribution in [1.29, 1.82) is 0 Å². The second-order valence-electron chi connectivity index (χ2n) is 11.9. The SMILES string of the molecule is CC(C)(C)OC(=O)N1C2CCC1CN(c1nc(OC[C@]34CCCN3C[C@@H](F)C4)nc3cc(Cl)ncc13)C2. The maximum absolute atomic E-state index is 14.2. The van der Waals surface area contributed by atoms with Gasteiger partial charge in [-0.2, -0.15) is 9.97 Å². The molecule has 4 saturated heterocycles. The van der Waals surface area contributed by atoms with Crippen LogP contribution >= 0.6 is 11.6 Å². The van der Waals surface area contributed by atoms with E-state index in [4.69, 9.17) is 26.1 Å². The van der Waals surface area contributed by atoms with Crippen molar-refractivity contribution in [2.75, 3.05) is 37.7 Å². The molecule has 200 valence electrons. The Hall–Kier alpha value is -2.46. The second kappa shape index (κ2) is 9.08. The van der Waals surface area contributed by atoms with Crippen molar-refractivity contribution in [2.24, 2.45) is 0 Å². The highest BCUT2D eigenvalue weighted by Gasteiger charge is 2.49. The summed E-state index contributed by atoms with van der Waals surface area (Å²) in [5, 5.41) is 1.13. The molecule has 0 aliphatic carbocycles. The van der Waals surface area contributed by atoms with Gasteiger partial charge in [0.15, 0.2) is 0 Å². The van der Waals surface area contributed by atoms with E-state index >= 15 is 0 Å². The smallest absolute Gasteiger partial charge is 0.410 e. The minimum Gasteiger partial charge on any atom is -0.461 e. The molecule has 4 atom stereocenters. The standard InChI is InChI=1S/C26H34ClFN6O3/c1-25(2,3)37-24(35)34-17-5-6-18(34)14-32(13-17)22-19-11-29-21(27)9-20(19)30-23(31-22)36-15-26-7-4-8-33(26)12-16(28)10-26/h9,11,16-18H,4-8,10,12-15H2,1-3H3/t16-,17?,18?,26+/m0/s1. The summed E-state index contributed by atoms with van der Waals surface area (Å²) in [7, 11) is 0. The van der Waals surface area contributed by atoms with E-state index in [1.54, 1.807) is 12.3 Å². The van der Waals surface area contributed by atoms with Crippen molar-refractivity contribution in [1.82, 2.24) is 24.8 Å². The van der Waals surface area contributed by atoms with Crippen LogP contribution in [0.15, 0.2) is 12.3 Å². The third kappa shape index (κ3) is 4.67. The van der Waals surface area contributed by atoms with Gasteiger partial charge in [-0.1, -0.05) is 11.6 Å². The van der Waals surface area contributed by atoms with Crippen LogP contribution in [0.3, 0.4) is 0 Å². The molecule has 9 nitrogen and oxygen atoms in total. The van der Waals surface area contributed by atoms with Crippen molar-refractivity contribution < 1.29 is 18.7 Å². The van der Waals surface area contributed by atoms with E-state index in [-0.39, 0.29) is 29.7 Å². The largest absolute Gasteiger partial charge is 0.461 e. The van der Waals surface area contributed by atoms with E-state index in [0.29, 0.717) is 43.3 Å². The van der Waals surface area contributed by atoms with E-state index in [1.165, 1.54) is 0 Å². The van der Waals surface area contributed by atoms with Gasteiger partial charge in [-0.15, -0.1) is 0 Å². The average molecular weight is 533 g/mol. The average Bonchev–Trinajstić information content (AvgIpc) is 3.43. The molecule has 4 fully saturated rings. The van der Waals surface area contributed by atoms with Crippen LogP contribution < -0.4 is 9.64 Å². The Morgan fingerprint density at radius 2 is 1.97 bits per heavy atom. The monoisotopic (exact) mass is 532 g/mol. The molecule has 2 aromatic rings. The van der Waals surface area contributed by atoms with Crippen LogP contribution in [0.2, 0.25) is 5.15 Å². The molecule has 11 heteroatoms. The molecule has 0 N–H and O–H groups in total.